The molecule has 20 atom stereocenters. The summed E-state index contributed by atoms with van der Waals surface area (Å²) in [5.74, 6) is 1.82. The van der Waals surface area contributed by atoms with Crippen LogP contribution in [0.3, 0.4) is 0 Å². The van der Waals surface area contributed by atoms with E-state index >= 15 is 0 Å². The highest BCUT2D eigenvalue weighted by Gasteiger charge is 2.71. The molecule has 0 aromatic rings. The van der Waals surface area contributed by atoms with Gasteiger partial charge in [0.05, 0.1) is 29.1 Å². The summed E-state index contributed by atoms with van der Waals surface area (Å²) in [5, 5.41) is 11.0. The number of carbonyl (C=O) groups is 2. The van der Waals surface area contributed by atoms with E-state index in [0.29, 0.717) is 17.8 Å². The number of rotatable bonds is 7. The zero-order valence-electron chi connectivity index (χ0n) is 37.8. The first-order valence-corrected chi connectivity index (χ1v) is 23.1. The van der Waals surface area contributed by atoms with Gasteiger partial charge in [-0.2, -0.15) is 0 Å². The van der Waals surface area contributed by atoms with Crippen LogP contribution < -0.4 is 0 Å². The molecular weight excluding hydrogens is 701 g/mol. The Morgan fingerprint density at radius 1 is 0.804 bits per heavy atom. The number of fused-ring (bicyclic) bond motifs is 7. The van der Waals surface area contributed by atoms with Crippen molar-refractivity contribution in [2.45, 2.75) is 198 Å². The lowest BCUT2D eigenvalue weighted by Crippen LogP contribution is -2.67. The topological polar surface area (TPSA) is 91.3 Å². The maximum absolute atomic E-state index is 13.7. The number of hydrogen-bond acceptors (Lipinski definition) is 6. The van der Waals surface area contributed by atoms with Crippen LogP contribution in [0.25, 0.3) is 0 Å². The molecule has 0 bridgehead atoms. The second kappa shape index (κ2) is 14.4. The molecule has 7 aliphatic rings. The second-order valence-corrected chi connectivity index (χ2v) is 22.9. The largest absolute Gasteiger partial charge is 0.481 e. The third-order valence-electron chi connectivity index (χ3n) is 20.1. The van der Waals surface area contributed by atoms with E-state index < -0.39 is 23.1 Å². The SMILES string of the molecule is CCC1O[C@@H](OC2[C@H](O[C@H]3CCC4(C)C5CC=C6C7CC(C)(C)CC[C@]7(C(=O)O)C(C)C[C@@]6(C)[C@@]5(C)CC[C@H]4[C@@]3(C)C=O)OC(C)[C@@H](C)[C@@H]2C)C(C)[C@@H](C)[C@H]1C. The minimum atomic E-state index is -0.680. The number of aliphatic carboxylic acids is 1. The van der Waals surface area contributed by atoms with Crippen molar-refractivity contribution in [3.05, 3.63) is 11.6 Å². The summed E-state index contributed by atoms with van der Waals surface area (Å²) in [4.78, 5) is 27.1. The Morgan fingerprint density at radius 3 is 2.14 bits per heavy atom. The maximum Gasteiger partial charge on any atom is 0.310 e. The molecule has 7 nitrogen and oxygen atoms in total. The Balaban J connectivity index is 1.17. The van der Waals surface area contributed by atoms with Gasteiger partial charge in [-0.25, -0.2) is 0 Å². The van der Waals surface area contributed by atoms with Gasteiger partial charge in [-0.1, -0.05) is 102 Å². The van der Waals surface area contributed by atoms with Crippen LogP contribution in [0.1, 0.15) is 161 Å². The first kappa shape index (κ1) is 42.8. The van der Waals surface area contributed by atoms with Crippen LogP contribution in [0.4, 0.5) is 0 Å². The van der Waals surface area contributed by atoms with E-state index in [0.717, 1.165) is 64.2 Å². The Morgan fingerprint density at radius 2 is 1.50 bits per heavy atom. The van der Waals surface area contributed by atoms with E-state index in [-0.39, 0.29) is 87.9 Å². The summed E-state index contributed by atoms with van der Waals surface area (Å²) in [6, 6.07) is 0. The summed E-state index contributed by atoms with van der Waals surface area (Å²) in [7, 11) is 0. The number of allylic oxidation sites excluding steroid dienone is 2. The van der Waals surface area contributed by atoms with Crippen molar-refractivity contribution >= 4 is 12.3 Å². The Bertz CT molecular complexity index is 1540. The van der Waals surface area contributed by atoms with E-state index in [1.807, 2.05) is 0 Å². The van der Waals surface area contributed by atoms with Gasteiger partial charge >= 0.3 is 5.97 Å². The lowest BCUT2D eigenvalue weighted by molar-refractivity contribution is -0.350. The fraction of sp³-hybridized carbons (Fsp3) is 0.918. The number of carboxylic acid groups (broad SMARTS) is 1. The average molecular weight is 781 g/mol. The van der Waals surface area contributed by atoms with Gasteiger partial charge in [0.2, 0.25) is 0 Å². The third-order valence-corrected chi connectivity index (χ3v) is 20.1. The molecule has 5 aliphatic carbocycles. The highest BCUT2D eigenvalue weighted by Crippen LogP contribution is 2.76. The minimum Gasteiger partial charge on any atom is -0.481 e. The number of carbonyl (C=O) groups excluding carboxylic acids is 1. The number of hydrogen-bond donors (Lipinski definition) is 1. The molecule has 8 unspecified atom stereocenters. The Hall–Kier alpha value is -1.28. The van der Waals surface area contributed by atoms with Crippen molar-refractivity contribution in [1.82, 2.24) is 0 Å². The first-order valence-electron chi connectivity index (χ1n) is 23.1. The summed E-state index contributed by atoms with van der Waals surface area (Å²) >= 11 is 0. The quantitative estimate of drug-likeness (QED) is 0.156. The van der Waals surface area contributed by atoms with Crippen molar-refractivity contribution in [1.29, 1.82) is 0 Å². The van der Waals surface area contributed by atoms with Crippen molar-refractivity contribution in [2.75, 3.05) is 0 Å². The molecule has 4 saturated carbocycles. The van der Waals surface area contributed by atoms with Crippen LogP contribution in [-0.2, 0) is 28.5 Å². The molecule has 0 spiro atoms. The monoisotopic (exact) mass is 781 g/mol. The van der Waals surface area contributed by atoms with Gasteiger partial charge in [-0.05, 0) is 140 Å². The van der Waals surface area contributed by atoms with E-state index in [1.165, 1.54) is 11.9 Å². The summed E-state index contributed by atoms with van der Waals surface area (Å²) in [5.41, 5.74) is 0.0837. The van der Waals surface area contributed by atoms with Crippen molar-refractivity contribution < 1.29 is 33.6 Å². The molecule has 2 aliphatic heterocycles. The zero-order valence-corrected chi connectivity index (χ0v) is 37.8. The number of ether oxygens (including phenoxy) is 4. The summed E-state index contributed by atoms with van der Waals surface area (Å²) < 4.78 is 27.7. The third kappa shape index (κ3) is 6.05. The van der Waals surface area contributed by atoms with Crippen LogP contribution in [0.2, 0.25) is 0 Å². The van der Waals surface area contributed by atoms with E-state index in [4.69, 9.17) is 18.9 Å². The molecule has 2 heterocycles. The van der Waals surface area contributed by atoms with Gasteiger partial charge < -0.3 is 28.8 Å². The van der Waals surface area contributed by atoms with Gasteiger partial charge in [0.1, 0.15) is 12.4 Å². The van der Waals surface area contributed by atoms with Gasteiger partial charge in [0.25, 0.3) is 0 Å². The smallest absolute Gasteiger partial charge is 0.310 e. The highest BCUT2D eigenvalue weighted by molar-refractivity contribution is 5.77. The van der Waals surface area contributed by atoms with Crippen molar-refractivity contribution in [3.63, 3.8) is 0 Å². The van der Waals surface area contributed by atoms with Gasteiger partial charge in [0, 0.05) is 5.92 Å². The zero-order chi connectivity index (χ0) is 41.1. The highest BCUT2D eigenvalue weighted by atomic mass is 16.7. The fourth-order valence-corrected chi connectivity index (χ4v) is 15.4. The normalized spacial score (nSPS) is 55.4. The minimum absolute atomic E-state index is 0.00469. The number of aldehydes is 1. The Labute approximate surface area is 340 Å². The molecule has 56 heavy (non-hydrogen) atoms. The second-order valence-electron chi connectivity index (χ2n) is 22.9. The van der Waals surface area contributed by atoms with Crippen molar-refractivity contribution in [3.8, 4) is 0 Å². The van der Waals surface area contributed by atoms with E-state index in [2.05, 4.69) is 103 Å². The van der Waals surface area contributed by atoms with E-state index in [9.17, 15) is 14.7 Å². The molecule has 7 heteroatoms. The molecule has 2 saturated heterocycles. The molecule has 0 amide bonds. The molecule has 7 rings (SSSR count). The first-order chi connectivity index (χ1) is 26.1. The molecule has 318 valence electrons. The summed E-state index contributed by atoms with van der Waals surface area (Å²) in [6.45, 7) is 32.5. The predicted molar refractivity (Wildman–Crippen MR) is 220 cm³/mol. The predicted octanol–water partition coefficient (Wildman–Crippen LogP) is 11.1. The van der Waals surface area contributed by atoms with Crippen LogP contribution in [-0.4, -0.2) is 54.4 Å². The lowest BCUT2D eigenvalue weighted by Gasteiger charge is -2.71. The Kier molecular flexibility index (Phi) is 11.0. The molecule has 1 N–H and O–H groups in total. The molecule has 0 aromatic carbocycles. The molecule has 0 aromatic heterocycles. The van der Waals surface area contributed by atoms with Gasteiger partial charge in [-0.15, -0.1) is 0 Å². The molecule has 0 radical (unpaired) electrons. The van der Waals surface area contributed by atoms with Crippen LogP contribution in [0.5, 0.6) is 0 Å². The van der Waals surface area contributed by atoms with Crippen LogP contribution in [0, 0.1) is 85.8 Å². The van der Waals surface area contributed by atoms with Crippen LogP contribution in [0.15, 0.2) is 11.6 Å². The standard InChI is InChI=1S/C49H80O7/c1-15-36-30(5)28(3)32(7)41(54-36)56-40-31(6)29(4)33(8)53-42(40)55-39-19-20-45(11)37(46(39,12)26-50)18-21-47(13)38(45)17-16-34-35-25-44(9,10)22-23-49(35,43(51)52)27(2)24-48(34,47)14/h16,26-33,35-42H,15,17-25H2,1-14H3,(H,51,52)/t27?,28-,29-,30+,31-,32?,33?,35?,36?,37+,38?,39-,40?,41-,42-,45?,46+,47-,48+,49-/m0/s1. The number of carboxylic acids is 1. The average Bonchev–Trinajstić information content (AvgIpc) is 3.13. The molecule has 6 fully saturated rings. The summed E-state index contributed by atoms with van der Waals surface area (Å²) in [6.07, 6.45) is 11.8. The maximum atomic E-state index is 13.7. The fourth-order valence-electron chi connectivity index (χ4n) is 15.4. The van der Waals surface area contributed by atoms with Crippen molar-refractivity contribution in [2.24, 2.45) is 85.8 Å². The van der Waals surface area contributed by atoms with Gasteiger partial charge in [0.15, 0.2) is 12.6 Å². The van der Waals surface area contributed by atoms with Gasteiger partial charge in [-0.3, -0.25) is 4.79 Å². The van der Waals surface area contributed by atoms with E-state index in [1.54, 1.807) is 0 Å². The molecular formula is C49H80O7. The lowest BCUT2D eigenvalue weighted by atomic mass is 9.32. The van der Waals surface area contributed by atoms with Crippen LogP contribution >= 0.6 is 0 Å².